The first-order valence-corrected chi connectivity index (χ1v) is 6.92. The summed E-state index contributed by atoms with van der Waals surface area (Å²) in [5.41, 5.74) is -0.416. The summed E-state index contributed by atoms with van der Waals surface area (Å²) in [5.74, 6) is 0. The summed E-state index contributed by atoms with van der Waals surface area (Å²) in [6.07, 6.45) is 4.29. The van der Waals surface area contributed by atoms with Crippen molar-refractivity contribution in [3.8, 4) is 0 Å². The van der Waals surface area contributed by atoms with Crippen molar-refractivity contribution in [3.63, 3.8) is 0 Å². The highest BCUT2D eigenvalue weighted by molar-refractivity contribution is 6.30. The zero-order chi connectivity index (χ0) is 14.2. The maximum Gasteiger partial charge on any atom is 0.329 e. The van der Waals surface area contributed by atoms with Crippen LogP contribution in [0.4, 0.5) is 0 Å². The van der Waals surface area contributed by atoms with E-state index in [0.717, 1.165) is 25.7 Å². The second kappa shape index (κ2) is 5.13. The fraction of sp³-hybridized carbons (Fsp3) is 0.692. The van der Waals surface area contributed by atoms with Crippen LogP contribution in [0.2, 0.25) is 5.15 Å². The lowest BCUT2D eigenvalue weighted by Crippen LogP contribution is -2.50. The van der Waals surface area contributed by atoms with Gasteiger partial charge < -0.3 is 4.90 Å². The van der Waals surface area contributed by atoms with Gasteiger partial charge in [-0.1, -0.05) is 24.4 Å². The van der Waals surface area contributed by atoms with E-state index >= 15 is 0 Å². The Bertz CT molecular complexity index is 583. The van der Waals surface area contributed by atoms with Gasteiger partial charge in [-0.15, -0.1) is 0 Å². The third-order valence-corrected chi connectivity index (χ3v) is 4.67. The molecule has 5 nitrogen and oxygen atoms in total. The summed E-state index contributed by atoms with van der Waals surface area (Å²) in [4.78, 5) is 28.8. The molecule has 19 heavy (non-hydrogen) atoms. The van der Waals surface area contributed by atoms with Crippen LogP contribution in [0.5, 0.6) is 0 Å². The number of hydrogen-bond acceptors (Lipinski definition) is 3. The van der Waals surface area contributed by atoms with E-state index in [0.29, 0.717) is 12.1 Å². The quantitative estimate of drug-likeness (QED) is 0.854. The molecule has 2 rings (SSSR count). The zero-order valence-corrected chi connectivity index (χ0v) is 12.4. The molecule has 1 aliphatic rings. The first kappa shape index (κ1) is 14.3. The lowest BCUT2D eigenvalue weighted by molar-refractivity contribution is 0.130. The van der Waals surface area contributed by atoms with Gasteiger partial charge in [-0.3, -0.25) is 14.3 Å². The first-order valence-electron chi connectivity index (χ1n) is 6.54. The summed E-state index contributed by atoms with van der Waals surface area (Å²) in [6, 6.07) is 0. The molecule has 6 heteroatoms. The van der Waals surface area contributed by atoms with Crippen molar-refractivity contribution in [2.24, 2.45) is 0 Å². The van der Waals surface area contributed by atoms with Gasteiger partial charge >= 0.3 is 5.69 Å². The molecule has 1 N–H and O–H groups in total. The van der Waals surface area contributed by atoms with Crippen LogP contribution in [0.15, 0.2) is 9.59 Å². The molecule has 0 spiro atoms. The van der Waals surface area contributed by atoms with Crippen molar-refractivity contribution in [2.45, 2.75) is 44.7 Å². The van der Waals surface area contributed by atoms with Gasteiger partial charge in [0.15, 0.2) is 0 Å². The third-order valence-electron chi connectivity index (χ3n) is 4.29. The minimum atomic E-state index is -0.422. The van der Waals surface area contributed by atoms with Gasteiger partial charge in [0.2, 0.25) is 0 Å². The van der Waals surface area contributed by atoms with E-state index in [1.54, 1.807) is 6.92 Å². The van der Waals surface area contributed by atoms with E-state index < -0.39 is 5.69 Å². The monoisotopic (exact) mass is 285 g/mol. The predicted octanol–water partition coefficient (Wildman–Crippen LogP) is 1.37. The zero-order valence-electron chi connectivity index (χ0n) is 11.6. The van der Waals surface area contributed by atoms with Crippen LogP contribution in [0, 0.1) is 6.92 Å². The molecule has 1 aromatic rings. The first-order chi connectivity index (χ1) is 8.87. The van der Waals surface area contributed by atoms with E-state index in [9.17, 15) is 9.59 Å². The van der Waals surface area contributed by atoms with Crippen molar-refractivity contribution in [1.82, 2.24) is 14.5 Å². The topological polar surface area (TPSA) is 58.1 Å². The van der Waals surface area contributed by atoms with Crippen molar-refractivity contribution >= 4 is 11.6 Å². The van der Waals surface area contributed by atoms with Crippen molar-refractivity contribution in [2.75, 3.05) is 14.1 Å². The Morgan fingerprint density at radius 3 is 2.42 bits per heavy atom. The molecule has 106 valence electrons. The largest absolute Gasteiger partial charge is 0.329 e. The Morgan fingerprint density at radius 2 is 1.89 bits per heavy atom. The van der Waals surface area contributed by atoms with Crippen LogP contribution < -0.4 is 11.2 Å². The lowest BCUT2D eigenvalue weighted by Gasteiger charge is -2.36. The van der Waals surface area contributed by atoms with Crippen LogP contribution >= 0.6 is 11.6 Å². The van der Waals surface area contributed by atoms with Gasteiger partial charge in [0, 0.05) is 17.6 Å². The average molecular weight is 286 g/mol. The summed E-state index contributed by atoms with van der Waals surface area (Å²) < 4.78 is 1.28. The Kier molecular flexibility index (Phi) is 3.87. The Hall–Kier alpha value is -1.07. The fourth-order valence-electron chi connectivity index (χ4n) is 2.86. The molecule has 0 amide bonds. The molecule has 1 fully saturated rings. The van der Waals surface area contributed by atoms with Gasteiger partial charge in [-0.2, -0.15) is 0 Å². The van der Waals surface area contributed by atoms with Gasteiger partial charge in [-0.05, 0) is 33.9 Å². The van der Waals surface area contributed by atoms with E-state index in [1.807, 2.05) is 14.1 Å². The Labute approximate surface area is 117 Å². The molecule has 0 bridgehead atoms. The molecule has 1 aromatic heterocycles. The standard InChI is InChI=1S/C13H20ClN3O2/c1-9-10(14)15-12(19)17(11(9)18)8-13(16(2)3)6-4-5-7-13/h4-8H2,1-3H3,(H,15,19). The minimum absolute atomic E-state index is 0.100. The van der Waals surface area contributed by atoms with Gasteiger partial charge in [-0.25, -0.2) is 4.79 Å². The maximum atomic E-state index is 12.2. The summed E-state index contributed by atoms with van der Waals surface area (Å²) in [7, 11) is 4.01. The van der Waals surface area contributed by atoms with Gasteiger partial charge in [0.05, 0.1) is 0 Å². The van der Waals surface area contributed by atoms with E-state index in [2.05, 4.69) is 9.88 Å². The number of aromatic nitrogens is 2. The van der Waals surface area contributed by atoms with Crippen molar-refractivity contribution in [3.05, 3.63) is 31.6 Å². The molecular weight excluding hydrogens is 266 g/mol. The highest BCUT2D eigenvalue weighted by Crippen LogP contribution is 2.34. The number of hydrogen-bond donors (Lipinski definition) is 1. The number of nitrogens with zero attached hydrogens (tertiary/aromatic N) is 2. The highest BCUT2D eigenvalue weighted by atomic mass is 35.5. The molecule has 0 radical (unpaired) electrons. The van der Waals surface area contributed by atoms with Crippen molar-refractivity contribution in [1.29, 1.82) is 0 Å². The molecule has 1 aliphatic carbocycles. The number of halogens is 1. The molecular formula is C13H20ClN3O2. The van der Waals surface area contributed by atoms with Gasteiger partial charge in [0.25, 0.3) is 5.56 Å². The number of nitrogens with one attached hydrogen (secondary N) is 1. The highest BCUT2D eigenvalue weighted by Gasteiger charge is 2.37. The smallest absolute Gasteiger partial charge is 0.302 e. The molecule has 1 saturated carbocycles. The number of likely N-dealkylation sites (N-methyl/N-ethyl adjacent to an activating group) is 1. The molecule has 1 heterocycles. The number of H-pyrrole nitrogens is 1. The molecule has 0 aliphatic heterocycles. The maximum absolute atomic E-state index is 12.2. The minimum Gasteiger partial charge on any atom is -0.302 e. The molecule has 0 saturated heterocycles. The third kappa shape index (κ3) is 2.49. The van der Waals surface area contributed by atoms with Crippen molar-refractivity contribution < 1.29 is 0 Å². The van der Waals surface area contributed by atoms with Crippen LogP contribution in [-0.4, -0.2) is 34.1 Å². The second-order valence-corrected chi connectivity index (χ2v) is 5.96. The average Bonchev–Trinajstić information content (AvgIpc) is 2.82. The molecule has 0 aromatic carbocycles. The Morgan fingerprint density at radius 1 is 1.32 bits per heavy atom. The van der Waals surface area contributed by atoms with Crippen LogP contribution in [0.25, 0.3) is 0 Å². The lowest BCUT2D eigenvalue weighted by atomic mass is 9.96. The summed E-state index contributed by atoms with van der Waals surface area (Å²) in [6.45, 7) is 2.06. The Balaban J connectivity index is 2.47. The molecule has 0 unspecified atom stereocenters. The van der Waals surface area contributed by atoms with Crippen LogP contribution in [0.1, 0.15) is 31.2 Å². The number of rotatable bonds is 3. The summed E-state index contributed by atoms with van der Waals surface area (Å²) in [5, 5.41) is 0.136. The van der Waals surface area contributed by atoms with Gasteiger partial charge in [0.1, 0.15) is 5.15 Å². The van der Waals surface area contributed by atoms with E-state index in [-0.39, 0.29) is 16.3 Å². The summed E-state index contributed by atoms with van der Waals surface area (Å²) >= 11 is 5.83. The van der Waals surface area contributed by atoms with E-state index in [1.165, 1.54) is 4.57 Å². The van der Waals surface area contributed by atoms with E-state index in [4.69, 9.17) is 11.6 Å². The van der Waals surface area contributed by atoms with Crippen LogP contribution in [-0.2, 0) is 6.54 Å². The SMILES string of the molecule is Cc1c(Cl)[nH]c(=O)n(CC2(N(C)C)CCCC2)c1=O. The molecule has 0 atom stereocenters. The van der Waals surface area contributed by atoms with Crippen LogP contribution in [0.3, 0.4) is 0 Å². The second-order valence-electron chi connectivity index (χ2n) is 5.59. The fourth-order valence-corrected chi connectivity index (χ4v) is 3.02. The number of aromatic amines is 1. The normalized spacial score (nSPS) is 18.2. The predicted molar refractivity (Wildman–Crippen MR) is 76.0 cm³/mol.